The van der Waals surface area contributed by atoms with Crippen molar-refractivity contribution in [1.29, 1.82) is 0 Å². The first-order chi connectivity index (χ1) is 29.5. The van der Waals surface area contributed by atoms with Crippen LogP contribution >= 0.6 is 15.9 Å². The van der Waals surface area contributed by atoms with Gasteiger partial charge in [-0.15, -0.1) is 0 Å². The zero-order valence-corrected chi connectivity index (χ0v) is 34.8. The number of unbranched alkanes of at least 4 members (excludes halogenated alkanes) is 1. The Kier molecular flexibility index (Phi) is 14.5. The van der Waals surface area contributed by atoms with Crippen molar-refractivity contribution < 1.29 is 66.6 Å². The summed E-state index contributed by atoms with van der Waals surface area (Å²) in [5.74, 6) is -5.10. The average Bonchev–Trinajstić information content (AvgIpc) is 3.85. The van der Waals surface area contributed by atoms with Crippen LogP contribution in [-0.2, 0) is 28.5 Å². The van der Waals surface area contributed by atoms with Crippen molar-refractivity contribution in [1.82, 2.24) is 14.9 Å². The van der Waals surface area contributed by atoms with E-state index in [9.17, 15) is 37.8 Å². The third kappa shape index (κ3) is 11.0. The fourth-order valence-corrected chi connectivity index (χ4v) is 7.57. The molecule has 16 nitrogen and oxygen atoms in total. The minimum atomic E-state index is -5.08. The summed E-state index contributed by atoms with van der Waals surface area (Å²) in [4.78, 5) is 56.2. The highest BCUT2D eigenvalue weighted by atomic mass is 79.9. The number of rotatable bonds is 13. The van der Waals surface area contributed by atoms with Crippen LogP contribution in [0.1, 0.15) is 66.7 Å². The van der Waals surface area contributed by atoms with Crippen molar-refractivity contribution in [2.45, 2.75) is 81.6 Å². The lowest BCUT2D eigenvalue weighted by atomic mass is 9.98. The summed E-state index contributed by atoms with van der Waals surface area (Å²) in [6, 6.07) is 23.3. The molecule has 7 rings (SSSR count). The molecule has 0 saturated carbocycles. The molecule has 4 aromatic rings. The van der Waals surface area contributed by atoms with Crippen molar-refractivity contribution >= 4 is 45.7 Å². The van der Waals surface area contributed by atoms with E-state index in [1.807, 2.05) is 48.5 Å². The van der Waals surface area contributed by atoms with Crippen LogP contribution in [-0.4, -0.2) is 105 Å². The molecule has 1 aromatic heterocycles. The second-order valence-electron chi connectivity index (χ2n) is 14.8. The number of aliphatic hydroxyl groups excluding tert-OH is 1. The van der Waals surface area contributed by atoms with Gasteiger partial charge in [-0.1, -0.05) is 64.5 Å². The Balaban J connectivity index is 0.000000845. The van der Waals surface area contributed by atoms with Crippen LogP contribution in [0.3, 0.4) is 0 Å². The van der Waals surface area contributed by atoms with Crippen molar-refractivity contribution in [3.8, 4) is 11.1 Å². The topological polar surface area (TPSA) is 220 Å². The summed E-state index contributed by atoms with van der Waals surface area (Å²) in [6.07, 6.45) is -5.70. The van der Waals surface area contributed by atoms with Crippen molar-refractivity contribution in [3.63, 3.8) is 0 Å². The molecular formula is C42H43BrF3N5O11. The third-order valence-corrected chi connectivity index (χ3v) is 10.6. The van der Waals surface area contributed by atoms with Gasteiger partial charge in [0, 0.05) is 28.7 Å². The number of aromatic nitrogens is 2. The minimum Gasteiger partial charge on any atom is -0.480 e. The zero-order chi connectivity index (χ0) is 44.8. The van der Waals surface area contributed by atoms with E-state index in [4.69, 9.17) is 33.8 Å². The molecule has 20 heteroatoms. The highest BCUT2D eigenvalue weighted by Crippen LogP contribution is 2.45. The van der Waals surface area contributed by atoms with E-state index in [1.54, 1.807) is 54.9 Å². The number of nitrogens with zero attached hydrogens (tertiary/aromatic N) is 3. The van der Waals surface area contributed by atoms with Gasteiger partial charge in [0.05, 0.1) is 6.61 Å². The molecule has 3 aliphatic rings. The molecule has 1 aliphatic carbocycles. The number of hydrogen-bond acceptors (Lipinski definition) is 11. The van der Waals surface area contributed by atoms with Gasteiger partial charge in [-0.25, -0.2) is 14.4 Å². The highest BCUT2D eigenvalue weighted by molar-refractivity contribution is 9.10. The van der Waals surface area contributed by atoms with Crippen molar-refractivity contribution in [2.75, 3.05) is 25.1 Å². The Morgan fingerprint density at radius 2 is 1.55 bits per heavy atom. The number of carboxylic acids is 2. The largest absolute Gasteiger partial charge is 0.490 e. The predicted molar refractivity (Wildman–Crippen MR) is 217 cm³/mol. The number of nitrogens with one attached hydrogen (secondary N) is 2. The summed E-state index contributed by atoms with van der Waals surface area (Å²) >= 11 is 3.37. The van der Waals surface area contributed by atoms with Crippen LogP contribution in [0.25, 0.3) is 11.1 Å². The number of ether oxygens (including phenoxy) is 4. The van der Waals surface area contributed by atoms with Gasteiger partial charge in [0.15, 0.2) is 12.0 Å². The number of carbonyl (C=O) groups excluding carboxylic acids is 2. The molecule has 0 radical (unpaired) electrons. The molecule has 330 valence electrons. The number of aliphatic carboxylic acids is 2. The molecule has 5 atom stereocenters. The van der Waals surface area contributed by atoms with Gasteiger partial charge in [-0.3, -0.25) is 14.4 Å². The molecule has 2 amide bonds. The van der Waals surface area contributed by atoms with Gasteiger partial charge in [-0.2, -0.15) is 18.2 Å². The van der Waals surface area contributed by atoms with E-state index in [1.165, 1.54) is 0 Å². The molecule has 0 bridgehead atoms. The number of alkyl carbamates (subject to hydrolysis) is 1. The number of carbonyl (C=O) groups is 4. The fraction of sp³-hybridized carbons (Fsp3) is 0.381. The molecule has 3 aromatic carbocycles. The van der Waals surface area contributed by atoms with E-state index < -0.39 is 60.6 Å². The lowest BCUT2D eigenvalue weighted by Gasteiger charge is -2.25. The van der Waals surface area contributed by atoms with Crippen molar-refractivity contribution in [3.05, 3.63) is 112 Å². The normalized spacial score (nSPS) is 20.5. The third-order valence-electron chi connectivity index (χ3n) is 10.1. The molecule has 2 aliphatic heterocycles. The van der Waals surface area contributed by atoms with E-state index >= 15 is 0 Å². The molecule has 2 saturated heterocycles. The molecule has 0 spiro atoms. The molecule has 0 unspecified atom stereocenters. The average molecular weight is 931 g/mol. The number of alkyl halides is 3. The minimum absolute atomic E-state index is 0.0702. The molecule has 5 N–H and O–H groups in total. The number of fused-ring (bicyclic) bond motifs is 4. The second kappa shape index (κ2) is 19.6. The number of aliphatic hydroxyl groups is 1. The first-order valence-corrected chi connectivity index (χ1v) is 20.2. The standard InChI is InChI=1S/C40H42BrN5O9.C2HF3O2/c1-40(2)54-33-31(21-47)53-36(34(33)55-40)46-20-18-32(44-35(48)23-14-16-24(41)17-15-23)45-38(46)42-19-8-7-13-30(37(49)50)43-39(51)52-22-29-27-11-5-3-9-25(27)26-10-4-6-12-28(26)29;3-2(4,5)1(6)7/h3-6,9-12,14-18,20,29-31,33-34,36,47H,7-8,13,19,21-22H2,1-2H3,(H,43,51)(H,49,50)(H,42,44,45,48);(H,6,7)/t30-,31+,33+,34+,36+;/m0./s1. The smallest absolute Gasteiger partial charge is 0.480 e. The van der Waals surface area contributed by atoms with Gasteiger partial charge in [0.2, 0.25) is 5.62 Å². The Morgan fingerprint density at radius 1 is 0.935 bits per heavy atom. The Bertz CT molecular complexity index is 2300. The van der Waals surface area contributed by atoms with Crippen LogP contribution in [0, 0.1) is 0 Å². The summed E-state index contributed by atoms with van der Waals surface area (Å²) in [5.41, 5.74) is 4.96. The highest BCUT2D eigenvalue weighted by Gasteiger charge is 2.55. The van der Waals surface area contributed by atoms with E-state index in [0.717, 1.165) is 26.7 Å². The molecular weight excluding hydrogens is 887 g/mol. The van der Waals surface area contributed by atoms with Gasteiger partial charge in [0.25, 0.3) is 5.91 Å². The Hall–Kier alpha value is -5.67. The van der Waals surface area contributed by atoms with Crippen LogP contribution in [0.2, 0.25) is 0 Å². The zero-order valence-electron chi connectivity index (χ0n) is 33.3. The summed E-state index contributed by atoms with van der Waals surface area (Å²) in [5, 5.41) is 32.4. The monoisotopic (exact) mass is 929 g/mol. The molecule has 62 heavy (non-hydrogen) atoms. The SMILES string of the molecule is CC1(C)O[C@@H]2[C@H](O1)[C@@H](CO)O[C@H]2n1ccc(NC(=O)c2ccc(Br)cc2)nc1=NCCCC[C@H](NC(=O)OCC1c2ccccc2-c2ccccc21)C(=O)O.O=C(O)C(F)(F)F. The van der Waals surface area contributed by atoms with Gasteiger partial charge in [0.1, 0.15) is 36.8 Å². The van der Waals surface area contributed by atoms with Crippen LogP contribution in [0.5, 0.6) is 0 Å². The lowest BCUT2D eigenvalue weighted by Crippen LogP contribution is -2.41. The first-order valence-electron chi connectivity index (χ1n) is 19.4. The fourth-order valence-electron chi connectivity index (χ4n) is 7.30. The Labute approximate surface area is 360 Å². The lowest BCUT2D eigenvalue weighted by molar-refractivity contribution is -0.200. The number of amides is 2. The first kappa shape index (κ1) is 45.8. The molecule has 3 heterocycles. The second-order valence-corrected chi connectivity index (χ2v) is 15.8. The van der Waals surface area contributed by atoms with E-state index in [0.29, 0.717) is 18.4 Å². The van der Waals surface area contributed by atoms with Gasteiger partial charge < -0.3 is 44.9 Å². The maximum atomic E-state index is 13.0. The Morgan fingerprint density at radius 3 is 2.15 bits per heavy atom. The van der Waals surface area contributed by atoms with E-state index in [-0.39, 0.29) is 49.4 Å². The molecule has 2 fully saturated rings. The number of halogens is 4. The summed E-state index contributed by atoms with van der Waals surface area (Å²) in [6.45, 7) is 3.60. The summed E-state index contributed by atoms with van der Waals surface area (Å²) in [7, 11) is 0. The van der Waals surface area contributed by atoms with Crippen LogP contribution in [0.15, 0.2) is 94.5 Å². The number of carboxylic acid groups (broad SMARTS) is 2. The number of benzene rings is 3. The maximum Gasteiger partial charge on any atom is 0.490 e. The number of hydrogen-bond donors (Lipinski definition) is 5. The van der Waals surface area contributed by atoms with E-state index in [2.05, 4.69) is 31.5 Å². The van der Waals surface area contributed by atoms with Gasteiger partial charge in [-0.05, 0) is 85.7 Å². The van der Waals surface area contributed by atoms with Crippen LogP contribution < -0.4 is 16.3 Å². The predicted octanol–water partition coefficient (Wildman–Crippen LogP) is 6.00. The van der Waals surface area contributed by atoms with Crippen LogP contribution in [0.4, 0.5) is 23.8 Å². The number of anilines is 1. The maximum absolute atomic E-state index is 13.0. The summed E-state index contributed by atoms with van der Waals surface area (Å²) < 4.78 is 58.2. The van der Waals surface area contributed by atoms with Crippen molar-refractivity contribution in [2.24, 2.45) is 4.99 Å². The van der Waals surface area contributed by atoms with Gasteiger partial charge >= 0.3 is 24.2 Å². The quantitative estimate of drug-likeness (QED) is 0.0975.